The highest BCUT2D eigenvalue weighted by Gasteiger charge is 2.04. The van der Waals surface area contributed by atoms with Crippen LogP contribution in [0.5, 0.6) is 0 Å². The van der Waals surface area contributed by atoms with Gasteiger partial charge in [-0.1, -0.05) is 88.9 Å². The van der Waals surface area contributed by atoms with E-state index >= 15 is 0 Å². The minimum atomic E-state index is -0.890. The Morgan fingerprint density at radius 1 is 1.12 bits per heavy atom. The van der Waals surface area contributed by atoms with Crippen LogP contribution in [0.2, 0.25) is 0 Å². The van der Waals surface area contributed by atoms with E-state index in [1.165, 1.54) is 81.1 Å². The Morgan fingerprint density at radius 3 is 2.35 bits per heavy atom. The molecule has 1 rings (SSSR count). The number of carbonyl (C=O) groups excluding carboxylic acids is 1. The van der Waals surface area contributed by atoms with Gasteiger partial charge in [0.05, 0.1) is 0 Å². The Bertz CT molecular complexity index is 600. The molecule has 1 atom stereocenters. The van der Waals surface area contributed by atoms with Gasteiger partial charge in [-0.3, -0.25) is 4.79 Å². The van der Waals surface area contributed by atoms with Crippen LogP contribution in [-0.4, -0.2) is 47.6 Å². The van der Waals surface area contributed by atoms with Crippen molar-refractivity contribution in [1.82, 2.24) is 4.90 Å². The molecule has 6 nitrogen and oxygen atoms in total. The van der Waals surface area contributed by atoms with Crippen molar-refractivity contribution in [2.24, 2.45) is 0 Å². The van der Waals surface area contributed by atoms with Crippen LogP contribution < -0.4 is 0 Å². The van der Waals surface area contributed by atoms with Crippen molar-refractivity contribution in [1.29, 1.82) is 0 Å². The predicted octanol–water partition coefficient (Wildman–Crippen LogP) is 7.36. The highest BCUT2D eigenvalue weighted by Crippen LogP contribution is 2.20. The lowest BCUT2D eigenvalue weighted by atomic mass is 10.1. The van der Waals surface area contributed by atoms with E-state index in [1.807, 2.05) is 0 Å². The lowest BCUT2D eigenvalue weighted by Gasteiger charge is -2.12. The van der Waals surface area contributed by atoms with Gasteiger partial charge in [-0.25, -0.2) is 0 Å². The van der Waals surface area contributed by atoms with Crippen LogP contribution in [0.1, 0.15) is 84.6 Å². The summed E-state index contributed by atoms with van der Waals surface area (Å²) in [6.07, 6.45) is 16.9. The Labute approximate surface area is 212 Å². The molecule has 0 aliphatic carbocycles. The quantitative estimate of drug-likeness (QED) is 0.0740. The molecule has 0 fully saturated rings. The van der Waals surface area contributed by atoms with E-state index in [0.717, 1.165) is 5.25 Å². The first-order valence-electron chi connectivity index (χ1n) is 12.6. The molecule has 0 heterocycles. The first kappa shape index (κ1) is 34.1. The molecule has 0 N–H and O–H groups in total. The molecule has 196 valence electrons. The van der Waals surface area contributed by atoms with E-state index in [2.05, 4.69) is 86.8 Å². The molecular weight excluding hydrogens is 448 g/mol. The van der Waals surface area contributed by atoms with Crippen LogP contribution in [0.3, 0.4) is 0 Å². The van der Waals surface area contributed by atoms with Gasteiger partial charge in [-0.15, -0.1) is 10.1 Å². The van der Waals surface area contributed by atoms with E-state index in [9.17, 15) is 14.9 Å². The van der Waals surface area contributed by atoms with Crippen molar-refractivity contribution in [2.45, 2.75) is 90.7 Å². The SMILES string of the molecule is C/C=C\CCCC.CCSC(CC)CCCCCc1ccccc1.CN(C=O)CCO[N+](=O)[O-]. The van der Waals surface area contributed by atoms with Gasteiger partial charge < -0.3 is 9.74 Å². The molecule has 0 aromatic heterocycles. The summed E-state index contributed by atoms with van der Waals surface area (Å²) in [6, 6.07) is 10.8. The number of thioether (sulfide) groups is 1. The lowest BCUT2D eigenvalue weighted by molar-refractivity contribution is -0.757. The molecule has 0 aliphatic heterocycles. The Hall–Kier alpha value is -2.02. The molecule has 1 aromatic rings. The van der Waals surface area contributed by atoms with Crippen LogP contribution >= 0.6 is 11.8 Å². The van der Waals surface area contributed by atoms with Gasteiger partial charge >= 0.3 is 0 Å². The number of rotatable bonds is 17. The second-order valence-electron chi connectivity index (χ2n) is 7.92. The number of aryl methyl sites for hydroxylation is 1. The van der Waals surface area contributed by atoms with Crippen molar-refractivity contribution in [3.63, 3.8) is 0 Å². The van der Waals surface area contributed by atoms with Gasteiger partial charge in [0, 0.05) is 18.8 Å². The number of hydrogen-bond acceptors (Lipinski definition) is 5. The first-order chi connectivity index (χ1) is 16.4. The average molecular weight is 497 g/mol. The van der Waals surface area contributed by atoms with Gasteiger partial charge in [-0.05, 0) is 50.3 Å². The molecule has 1 aromatic carbocycles. The van der Waals surface area contributed by atoms with Crippen LogP contribution in [0.4, 0.5) is 0 Å². The lowest BCUT2D eigenvalue weighted by Crippen LogP contribution is -2.22. The van der Waals surface area contributed by atoms with E-state index in [-0.39, 0.29) is 13.2 Å². The summed E-state index contributed by atoms with van der Waals surface area (Å²) in [5.41, 5.74) is 1.49. The number of amides is 1. The van der Waals surface area contributed by atoms with E-state index in [4.69, 9.17) is 0 Å². The molecule has 1 unspecified atom stereocenters. The first-order valence-corrected chi connectivity index (χ1v) is 13.7. The van der Waals surface area contributed by atoms with Gasteiger partial charge in [0.15, 0.2) is 0 Å². The van der Waals surface area contributed by atoms with E-state index in [1.54, 1.807) is 0 Å². The average Bonchev–Trinajstić information content (AvgIpc) is 2.84. The standard InChI is InChI=1S/C16H26S.C7H14.C4H8N2O4/c1-3-16(17-4-2)14-10-6-9-13-15-11-7-5-8-12-15;1-3-5-7-6-4-2;1-5(4-7)2-3-10-6(8)9/h5,7-8,11-12,16H,3-4,6,9-10,13-14H2,1-2H3;3,5H,4,6-7H2,1-2H3;4H,2-3H2,1H3/b;5-3-;. The van der Waals surface area contributed by atoms with Gasteiger partial charge in [0.1, 0.15) is 6.61 Å². The molecule has 0 saturated carbocycles. The number of unbranched alkanes of at least 4 members (excludes halogenated alkanes) is 4. The van der Waals surface area contributed by atoms with Gasteiger partial charge in [0.25, 0.3) is 5.09 Å². The second kappa shape index (κ2) is 27.2. The second-order valence-corrected chi connectivity index (χ2v) is 9.50. The number of nitrogens with zero attached hydrogens (tertiary/aromatic N) is 2. The van der Waals surface area contributed by atoms with Crippen molar-refractivity contribution in [3.8, 4) is 0 Å². The maximum absolute atomic E-state index is 9.88. The number of hydrogen-bond donors (Lipinski definition) is 0. The molecule has 34 heavy (non-hydrogen) atoms. The summed E-state index contributed by atoms with van der Waals surface area (Å²) >= 11 is 2.13. The van der Waals surface area contributed by atoms with Crippen LogP contribution in [0, 0.1) is 10.1 Å². The Morgan fingerprint density at radius 2 is 1.82 bits per heavy atom. The van der Waals surface area contributed by atoms with E-state index in [0.29, 0.717) is 6.41 Å². The van der Waals surface area contributed by atoms with Crippen molar-refractivity contribution in [3.05, 3.63) is 58.2 Å². The zero-order valence-corrected chi connectivity index (χ0v) is 22.9. The van der Waals surface area contributed by atoms with Crippen LogP contribution in [0.25, 0.3) is 0 Å². The summed E-state index contributed by atoms with van der Waals surface area (Å²) in [4.78, 5) is 24.6. The fraction of sp³-hybridized carbons (Fsp3) is 0.667. The van der Waals surface area contributed by atoms with Crippen molar-refractivity contribution in [2.75, 3.05) is 26.0 Å². The minimum absolute atomic E-state index is 0.0811. The third-order valence-corrected chi connectivity index (χ3v) is 6.35. The molecule has 0 saturated heterocycles. The predicted molar refractivity (Wildman–Crippen MR) is 147 cm³/mol. The minimum Gasteiger partial charge on any atom is -0.346 e. The molecular formula is C27H48N2O4S. The fourth-order valence-corrected chi connectivity index (χ4v) is 4.00. The van der Waals surface area contributed by atoms with Crippen molar-refractivity contribution < 1.29 is 14.7 Å². The topological polar surface area (TPSA) is 72.7 Å². The third-order valence-electron chi connectivity index (χ3n) is 4.97. The smallest absolute Gasteiger partial charge is 0.294 e. The summed E-state index contributed by atoms with van der Waals surface area (Å²) in [6.45, 7) is 9.01. The van der Waals surface area contributed by atoms with Crippen LogP contribution in [-0.2, 0) is 16.1 Å². The zero-order chi connectivity index (χ0) is 25.9. The summed E-state index contributed by atoms with van der Waals surface area (Å²) in [5, 5.41) is 9.56. The maximum Gasteiger partial charge on any atom is 0.294 e. The highest BCUT2D eigenvalue weighted by atomic mass is 32.2. The van der Waals surface area contributed by atoms with Crippen molar-refractivity contribution >= 4 is 18.2 Å². The molecule has 0 aliphatic rings. The molecule has 0 radical (unpaired) electrons. The number of benzene rings is 1. The summed E-state index contributed by atoms with van der Waals surface area (Å²) in [5.74, 6) is 1.27. The summed E-state index contributed by atoms with van der Waals surface area (Å²) < 4.78 is 0. The number of likely N-dealkylation sites (N-methyl/N-ethyl adjacent to an activating group) is 1. The fourth-order valence-electron chi connectivity index (χ4n) is 2.96. The molecule has 0 bridgehead atoms. The number of allylic oxidation sites excluding steroid dienone is 2. The Balaban J connectivity index is 0. The highest BCUT2D eigenvalue weighted by molar-refractivity contribution is 7.99. The Kier molecular flexibility index (Phi) is 27.3. The third kappa shape index (κ3) is 26.2. The normalized spacial score (nSPS) is 11.0. The maximum atomic E-state index is 9.88. The molecule has 7 heteroatoms. The van der Waals surface area contributed by atoms with E-state index < -0.39 is 5.09 Å². The monoisotopic (exact) mass is 496 g/mol. The molecule has 0 spiro atoms. The van der Waals surface area contributed by atoms with Crippen LogP contribution in [0.15, 0.2) is 42.5 Å². The molecule has 1 amide bonds. The van der Waals surface area contributed by atoms with Gasteiger partial charge in [0.2, 0.25) is 6.41 Å². The van der Waals surface area contributed by atoms with Gasteiger partial charge in [-0.2, -0.15) is 11.8 Å². The zero-order valence-electron chi connectivity index (χ0n) is 22.1. The largest absolute Gasteiger partial charge is 0.346 e. The number of carbonyl (C=O) groups is 1. The summed E-state index contributed by atoms with van der Waals surface area (Å²) in [7, 11) is 1.51.